The van der Waals surface area contributed by atoms with Gasteiger partial charge in [-0.2, -0.15) is 0 Å². The molecule has 1 aliphatic heterocycles. The standard InChI is InChI=1S/C25H36FN5O/c1-4-27-25(28-17-20-5-7-21(8-6-20)19-30(2)3)29-18-24(31-13-15-32-16-14-31)22-9-11-23(26)12-10-22/h5-12,24H,4,13-19H2,1-3H3,(H2,27,28,29). The molecule has 1 unspecified atom stereocenters. The molecule has 3 rings (SSSR count). The molecule has 1 heterocycles. The van der Waals surface area contributed by atoms with Crippen LogP contribution in [0.5, 0.6) is 0 Å². The van der Waals surface area contributed by atoms with E-state index in [0.717, 1.165) is 50.9 Å². The molecule has 0 aromatic heterocycles. The van der Waals surface area contributed by atoms with Crippen molar-refractivity contribution in [2.75, 3.05) is 53.5 Å². The lowest BCUT2D eigenvalue weighted by Crippen LogP contribution is -2.46. The summed E-state index contributed by atoms with van der Waals surface area (Å²) in [5.41, 5.74) is 3.56. The van der Waals surface area contributed by atoms with Crippen LogP contribution in [-0.4, -0.2) is 69.2 Å². The second-order valence-electron chi connectivity index (χ2n) is 8.35. The molecule has 2 N–H and O–H groups in total. The minimum absolute atomic E-state index is 0.119. The van der Waals surface area contributed by atoms with Crippen LogP contribution in [0.1, 0.15) is 29.7 Å². The third-order valence-electron chi connectivity index (χ3n) is 5.49. The van der Waals surface area contributed by atoms with E-state index in [-0.39, 0.29) is 11.9 Å². The molecular weight excluding hydrogens is 405 g/mol. The summed E-state index contributed by atoms with van der Waals surface area (Å²) in [5, 5.41) is 6.83. The van der Waals surface area contributed by atoms with E-state index < -0.39 is 0 Å². The molecule has 0 spiro atoms. The maximum atomic E-state index is 13.5. The molecule has 174 valence electrons. The normalized spacial score (nSPS) is 16.2. The van der Waals surface area contributed by atoms with E-state index in [4.69, 9.17) is 9.73 Å². The average Bonchev–Trinajstić information content (AvgIpc) is 2.80. The Bertz CT molecular complexity index is 832. The zero-order chi connectivity index (χ0) is 22.8. The molecule has 0 amide bonds. The molecule has 0 bridgehead atoms. The van der Waals surface area contributed by atoms with E-state index in [2.05, 4.69) is 65.7 Å². The molecule has 2 aromatic rings. The molecule has 0 aliphatic carbocycles. The van der Waals surface area contributed by atoms with Gasteiger partial charge in [0.1, 0.15) is 5.82 Å². The van der Waals surface area contributed by atoms with Gasteiger partial charge >= 0.3 is 0 Å². The van der Waals surface area contributed by atoms with Crippen LogP contribution in [0.3, 0.4) is 0 Å². The van der Waals surface area contributed by atoms with Crippen LogP contribution in [0.2, 0.25) is 0 Å². The molecule has 32 heavy (non-hydrogen) atoms. The number of nitrogens with zero attached hydrogens (tertiary/aromatic N) is 3. The van der Waals surface area contributed by atoms with E-state index in [1.54, 1.807) is 0 Å². The van der Waals surface area contributed by atoms with Crippen LogP contribution in [0.25, 0.3) is 0 Å². The molecule has 1 saturated heterocycles. The first-order valence-corrected chi connectivity index (χ1v) is 11.4. The fraction of sp³-hybridized carbons (Fsp3) is 0.480. The van der Waals surface area contributed by atoms with Gasteiger partial charge in [-0.15, -0.1) is 0 Å². The van der Waals surface area contributed by atoms with Crippen molar-refractivity contribution in [3.05, 3.63) is 71.0 Å². The fourth-order valence-corrected chi connectivity index (χ4v) is 3.85. The monoisotopic (exact) mass is 441 g/mol. The summed E-state index contributed by atoms with van der Waals surface area (Å²) < 4.78 is 19.0. The van der Waals surface area contributed by atoms with E-state index >= 15 is 0 Å². The molecule has 1 aliphatic rings. The third kappa shape index (κ3) is 7.58. The number of hydrogen-bond acceptors (Lipinski definition) is 4. The number of benzene rings is 2. The summed E-state index contributed by atoms with van der Waals surface area (Å²) >= 11 is 0. The Balaban J connectivity index is 1.66. The number of morpholine rings is 1. The lowest BCUT2D eigenvalue weighted by atomic mass is 10.0. The smallest absolute Gasteiger partial charge is 0.191 e. The van der Waals surface area contributed by atoms with Crippen molar-refractivity contribution in [1.29, 1.82) is 0 Å². The Morgan fingerprint density at radius 3 is 2.31 bits per heavy atom. The Morgan fingerprint density at radius 1 is 1.03 bits per heavy atom. The predicted molar refractivity (Wildman–Crippen MR) is 128 cm³/mol. The van der Waals surface area contributed by atoms with Crippen LogP contribution in [-0.2, 0) is 17.8 Å². The van der Waals surface area contributed by atoms with Gasteiger partial charge in [0.15, 0.2) is 5.96 Å². The van der Waals surface area contributed by atoms with E-state index in [1.807, 2.05) is 12.1 Å². The van der Waals surface area contributed by atoms with Crippen molar-refractivity contribution < 1.29 is 9.13 Å². The lowest BCUT2D eigenvalue weighted by Gasteiger charge is -2.35. The first-order chi connectivity index (χ1) is 15.5. The number of ether oxygens (including phenoxy) is 1. The zero-order valence-electron chi connectivity index (χ0n) is 19.5. The highest BCUT2D eigenvalue weighted by molar-refractivity contribution is 5.79. The second kappa shape index (κ2) is 12.5. The van der Waals surface area contributed by atoms with Gasteiger partial charge < -0.3 is 20.3 Å². The number of guanidine groups is 1. The maximum Gasteiger partial charge on any atom is 0.191 e. The van der Waals surface area contributed by atoms with Gasteiger partial charge in [0.05, 0.1) is 25.8 Å². The predicted octanol–water partition coefficient (Wildman–Crippen LogP) is 3.02. The summed E-state index contributed by atoms with van der Waals surface area (Å²) in [7, 11) is 4.14. The molecule has 0 saturated carbocycles. The molecule has 2 aromatic carbocycles. The number of hydrogen-bond donors (Lipinski definition) is 2. The lowest BCUT2D eigenvalue weighted by molar-refractivity contribution is 0.0170. The van der Waals surface area contributed by atoms with E-state index in [1.165, 1.54) is 23.3 Å². The maximum absolute atomic E-state index is 13.5. The van der Waals surface area contributed by atoms with Crippen molar-refractivity contribution in [3.63, 3.8) is 0 Å². The van der Waals surface area contributed by atoms with Gasteiger partial charge in [0, 0.05) is 32.7 Å². The first kappa shape index (κ1) is 24.2. The van der Waals surface area contributed by atoms with Gasteiger partial charge in [-0.05, 0) is 49.8 Å². The molecule has 7 heteroatoms. The summed E-state index contributed by atoms with van der Waals surface area (Å²) in [6.07, 6.45) is 0. The quantitative estimate of drug-likeness (QED) is 0.463. The molecular formula is C25H36FN5O. The van der Waals surface area contributed by atoms with E-state index in [0.29, 0.717) is 13.1 Å². The zero-order valence-corrected chi connectivity index (χ0v) is 19.5. The highest BCUT2D eigenvalue weighted by atomic mass is 19.1. The van der Waals surface area contributed by atoms with Crippen LogP contribution < -0.4 is 10.6 Å². The van der Waals surface area contributed by atoms with Gasteiger partial charge in [-0.3, -0.25) is 4.90 Å². The summed E-state index contributed by atoms with van der Waals surface area (Å²) in [5.74, 6) is 0.569. The van der Waals surface area contributed by atoms with Crippen molar-refractivity contribution in [2.24, 2.45) is 4.99 Å². The Morgan fingerprint density at radius 2 is 1.69 bits per heavy atom. The van der Waals surface area contributed by atoms with Crippen molar-refractivity contribution in [3.8, 4) is 0 Å². The highest BCUT2D eigenvalue weighted by Crippen LogP contribution is 2.21. The first-order valence-electron chi connectivity index (χ1n) is 11.4. The topological polar surface area (TPSA) is 52.1 Å². The summed E-state index contributed by atoms with van der Waals surface area (Å²) in [6.45, 7) is 8.22. The van der Waals surface area contributed by atoms with Gasteiger partial charge in [-0.1, -0.05) is 36.4 Å². The van der Waals surface area contributed by atoms with Crippen molar-refractivity contribution in [1.82, 2.24) is 20.4 Å². The SMILES string of the molecule is CCNC(=NCc1ccc(CN(C)C)cc1)NCC(c1ccc(F)cc1)N1CCOCC1. The molecule has 1 fully saturated rings. The molecule has 6 nitrogen and oxygen atoms in total. The van der Waals surface area contributed by atoms with Gasteiger partial charge in [0.25, 0.3) is 0 Å². The highest BCUT2D eigenvalue weighted by Gasteiger charge is 2.23. The number of nitrogens with one attached hydrogen (secondary N) is 2. The molecule has 0 radical (unpaired) electrons. The van der Waals surface area contributed by atoms with Crippen molar-refractivity contribution in [2.45, 2.75) is 26.1 Å². The Kier molecular flexibility index (Phi) is 9.46. The van der Waals surface area contributed by atoms with Crippen molar-refractivity contribution >= 4 is 5.96 Å². The average molecular weight is 442 g/mol. The largest absolute Gasteiger partial charge is 0.379 e. The van der Waals surface area contributed by atoms with Gasteiger partial charge in [-0.25, -0.2) is 9.38 Å². The minimum atomic E-state index is -0.214. The number of rotatable bonds is 9. The number of halogens is 1. The summed E-state index contributed by atoms with van der Waals surface area (Å²) in [4.78, 5) is 9.32. The van der Waals surface area contributed by atoms with Crippen LogP contribution in [0.15, 0.2) is 53.5 Å². The fourth-order valence-electron chi connectivity index (χ4n) is 3.85. The number of aliphatic imine (C=N–C) groups is 1. The van der Waals surface area contributed by atoms with E-state index in [9.17, 15) is 4.39 Å². The Labute approximate surface area is 191 Å². The minimum Gasteiger partial charge on any atom is -0.379 e. The summed E-state index contributed by atoms with van der Waals surface area (Å²) in [6, 6.07) is 15.5. The second-order valence-corrected chi connectivity index (χ2v) is 8.35. The Hall–Kier alpha value is -2.48. The van der Waals surface area contributed by atoms with Crippen LogP contribution in [0, 0.1) is 5.82 Å². The van der Waals surface area contributed by atoms with Crippen LogP contribution >= 0.6 is 0 Å². The molecule has 1 atom stereocenters. The van der Waals surface area contributed by atoms with Crippen LogP contribution in [0.4, 0.5) is 4.39 Å². The third-order valence-corrected chi connectivity index (χ3v) is 5.49. The van der Waals surface area contributed by atoms with Gasteiger partial charge in [0.2, 0.25) is 0 Å².